The van der Waals surface area contributed by atoms with Crippen molar-refractivity contribution in [2.75, 3.05) is 5.32 Å². The number of rotatable bonds is 5. The van der Waals surface area contributed by atoms with E-state index in [-0.39, 0.29) is 0 Å². The molecule has 0 atom stereocenters. The van der Waals surface area contributed by atoms with Crippen molar-refractivity contribution in [2.24, 2.45) is 0 Å². The van der Waals surface area contributed by atoms with Gasteiger partial charge in [-0.1, -0.05) is 18.5 Å². The van der Waals surface area contributed by atoms with Crippen LogP contribution in [0.1, 0.15) is 18.9 Å². The summed E-state index contributed by atoms with van der Waals surface area (Å²) in [6, 6.07) is 1.84. The molecule has 0 saturated carbocycles. The Morgan fingerprint density at radius 1 is 1.44 bits per heavy atom. The van der Waals surface area contributed by atoms with Crippen LogP contribution in [0.25, 0.3) is 0 Å². The van der Waals surface area contributed by atoms with E-state index in [0.29, 0.717) is 11.6 Å². The Hall–Kier alpha value is -1.07. The lowest BCUT2D eigenvalue weighted by Gasteiger charge is -2.06. The number of hydrogen-bond acceptors (Lipinski definition) is 3. The number of halogens is 2. The number of aromatic nitrogens is 3. The fourth-order valence-corrected chi connectivity index (χ4v) is 2.11. The summed E-state index contributed by atoms with van der Waals surface area (Å²) in [4.78, 5) is 4.13. The molecule has 4 nitrogen and oxygen atoms in total. The molecule has 18 heavy (non-hydrogen) atoms. The van der Waals surface area contributed by atoms with E-state index in [4.69, 9.17) is 11.6 Å². The first-order valence-corrected chi connectivity index (χ1v) is 6.92. The Labute approximate surface area is 119 Å². The molecule has 2 aromatic heterocycles. The third kappa shape index (κ3) is 3.46. The Morgan fingerprint density at radius 3 is 3.06 bits per heavy atom. The normalized spacial score (nSPS) is 10.6. The predicted octanol–water partition coefficient (Wildman–Crippen LogP) is 3.72. The van der Waals surface area contributed by atoms with E-state index in [1.165, 1.54) is 0 Å². The summed E-state index contributed by atoms with van der Waals surface area (Å²) in [7, 11) is 0. The number of nitrogens with one attached hydrogen (secondary N) is 1. The summed E-state index contributed by atoms with van der Waals surface area (Å²) in [6.07, 6.45) is 6.60. The van der Waals surface area contributed by atoms with Crippen LogP contribution in [0.5, 0.6) is 0 Å². The van der Waals surface area contributed by atoms with Crippen LogP contribution in [0.3, 0.4) is 0 Å². The second-order valence-corrected chi connectivity index (χ2v) is 5.14. The van der Waals surface area contributed by atoms with Crippen molar-refractivity contribution in [3.05, 3.63) is 39.8 Å². The molecule has 0 unspecified atom stereocenters. The zero-order chi connectivity index (χ0) is 13.0. The van der Waals surface area contributed by atoms with Gasteiger partial charge in [-0.05, 0) is 28.4 Å². The van der Waals surface area contributed by atoms with E-state index in [1.807, 2.05) is 23.1 Å². The first-order valence-electron chi connectivity index (χ1n) is 5.75. The second kappa shape index (κ2) is 6.20. The van der Waals surface area contributed by atoms with Gasteiger partial charge >= 0.3 is 0 Å². The maximum absolute atomic E-state index is 5.90. The van der Waals surface area contributed by atoms with Crippen LogP contribution in [0.4, 0.5) is 5.69 Å². The highest BCUT2D eigenvalue weighted by molar-refractivity contribution is 9.10. The van der Waals surface area contributed by atoms with Gasteiger partial charge in [0.15, 0.2) is 0 Å². The maximum Gasteiger partial charge on any atom is 0.129 e. The van der Waals surface area contributed by atoms with E-state index < -0.39 is 0 Å². The van der Waals surface area contributed by atoms with Gasteiger partial charge in [0, 0.05) is 31.0 Å². The minimum Gasteiger partial charge on any atom is -0.379 e. The molecule has 0 aliphatic rings. The molecule has 1 N–H and O–H groups in total. The molecule has 2 heterocycles. The van der Waals surface area contributed by atoms with E-state index >= 15 is 0 Å². The Morgan fingerprint density at radius 2 is 2.28 bits per heavy atom. The van der Waals surface area contributed by atoms with Crippen molar-refractivity contribution in [1.82, 2.24) is 14.8 Å². The lowest BCUT2D eigenvalue weighted by atomic mass is 10.3. The monoisotopic (exact) mass is 328 g/mol. The maximum atomic E-state index is 5.90. The Kier molecular flexibility index (Phi) is 4.60. The molecule has 2 rings (SSSR count). The average molecular weight is 330 g/mol. The van der Waals surface area contributed by atoms with E-state index in [9.17, 15) is 0 Å². The lowest BCUT2D eigenvalue weighted by molar-refractivity contribution is 0.602. The first-order chi connectivity index (χ1) is 8.69. The average Bonchev–Trinajstić information content (AvgIpc) is 2.79. The zero-order valence-electron chi connectivity index (χ0n) is 10.0. The van der Waals surface area contributed by atoms with Crippen LogP contribution in [0, 0.1) is 0 Å². The lowest BCUT2D eigenvalue weighted by Crippen LogP contribution is -2.00. The number of hydrogen-bond donors (Lipinski definition) is 1. The summed E-state index contributed by atoms with van der Waals surface area (Å²) in [5.41, 5.74) is 2.01. The van der Waals surface area contributed by atoms with Gasteiger partial charge in [-0.15, -0.1) is 0 Å². The van der Waals surface area contributed by atoms with Gasteiger partial charge in [0.25, 0.3) is 0 Å². The van der Waals surface area contributed by atoms with Crippen LogP contribution >= 0.6 is 27.5 Å². The summed E-state index contributed by atoms with van der Waals surface area (Å²) in [6.45, 7) is 3.78. The molecule has 0 aromatic carbocycles. The molecule has 0 amide bonds. The quantitative estimate of drug-likeness (QED) is 0.850. The highest BCUT2D eigenvalue weighted by Crippen LogP contribution is 2.23. The summed E-state index contributed by atoms with van der Waals surface area (Å²) in [5, 5.41) is 8.17. The fraction of sp³-hybridized carbons (Fsp3) is 0.333. The van der Waals surface area contributed by atoms with Crippen molar-refractivity contribution in [1.29, 1.82) is 0 Å². The van der Waals surface area contributed by atoms with Crippen LogP contribution in [0.2, 0.25) is 5.02 Å². The summed E-state index contributed by atoms with van der Waals surface area (Å²) < 4.78 is 2.70. The van der Waals surface area contributed by atoms with Crippen molar-refractivity contribution >= 4 is 33.2 Å². The smallest absolute Gasteiger partial charge is 0.129 e. The molecule has 0 bridgehead atoms. The van der Waals surface area contributed by atoms with Gasteiger partial charge in [0.05, 0.1) is 16.9 Å². The van der Waals surface area contributed by atoms with Gasteiger partial charge in [-0.2, -0.15) is 5.10 Å². The van der Waals surface area contributed by atoms with Crippen molar-refractivity contribution in [3.8, 4) is 0 Å². The number of nitrogens with zero attached hydrogens (tertiary/aromatic N) is 3. The first kappa shape index (κ1) is 13.4. The molecule has 0 aliphatic heterocycles. The molecular weight excluding hydrogens is 316 g/mol. The number of aryl methyl sites for hydroxylation is 1. The van der Waals surface area contributed by atoms with Gasteiger partial charge in [0.2, 0.25) is 0 Å². The largest absolute Gasteiger partial charge is 0.379 e. The van der Waals surface area contributed by atoms with Gasteiger partial charge in [0.1, 0.15) is 4.60 Å². The highest BCUT2D eigenvalue weighted by Gasteiger charge is 2.03. The zero-order valence-corrected chi connectivity index (χ0v) is 12.4. The van der Waals surface area contributed by atoms with Crippen LogP contribution in [-0.2, 0) is 13.1 Å². The standard InChI is InChI=1S/C12H14BrClN4/c1-2-3-18-8-9(6-17-18)5-15-11-4-10(14)7-16-12(11)13/h4,6-8,15H,2-3,5H2,1H3. The summed E-state index contributed by atoms with van der Waals surface area (Å²) in [5.74, 6) is 0. The number of pyridine rings is 1. The molecule has 0 aliphatic carbocycles. The number of anilines is 1. The Balaban J connectivity index is 1.99. The third-order valence-electron chi connectivity index (χ3n) is 2.43. The SMILES string of the molecule is CCCn1cc(CNc2cc(Cl)cnc2Br)cn1. The molecule has 0 saturated heterocycles. The summed E-state index contributed by atoms with van der Waals surface area (Å²) >= 11 is 9.29. The van der Waals surface area contributed by atoms with Crippen molar-refractivity contribution in [2.45, 2.75) is 26.4 Å². The van der Waals surface area contributed by atoms with Gasteiger partial charge in [-0.3, -0.25) is 4.68 Å². The third-order valence-corrected chi connectivity index (χ3v) is 3.27. The van der Waals surface area contributed by atoms with Crippen LogP contribution < -0.4 is 5.32 Å². The van der Waals surface area contributed by atoms with Gasteiger partial charge < -0.3 is 5.32 Å². The minimum atomic E-state index is 0.613. The van der Waals surface area contributed by atoms with E-state index in [2.05, 4.69) is 38.3 Å². The van der Waals surface area contributed by atoms with Crippen molar-refractivity contribution < 1.29 is 0 Å². The molecule has 96 valence electrons. The topological polar surface area (TPSA) is 42.7 Å². The molecule has 2 aromatic rings. The molecule has 0 fully saturated rings. The van der Waals surface area contributed by atoms with Crippen LogP contribution in [0.15, 0.2) is 29.3 Å². The molecular formula is C12H14BrClN4. The second-order valence-electron chi connectivity index (χ2n) is 3.96. The van der Waals surface area contributed by atoms with Gasteiger partial charge in [-0.25, -0.2) is 4.98 Å². The molecule has 0 radical (unpaired) electrons. The fourth-order valence-electron chi connectivity index (χ4n) is 1.59. The minimum absolute atomic E-state index is 0.613. The Bertz CT molecular complexity index is 527. The van der Waals surface area contributed by atoms with Crippen molar-refractivity contribution in [3.63, 3.8) is 0 Å². The van der Waals surface area contributed by atoms with E-state index in [1.54, 1.807) is 6.20 Å². The molecule has 6 heteroatoms. The van der Waals surface area contributed by atoms with E-state index in [0.717, 1.165) is 28.8 Å². The van der Waals surface area contributed by atoms with Crippen LogP contribution in [-0.4, -0.2) is 14.8 Å². The highest BCUT2D eigenvalue weighted by atomic mass is 79.9. The predicted molar refractivity (Wildman–Crippen MR) is 76.8 cm³/mol. The molecule has 0 spiro atoms.